The van der Waals surface area contributed by atoms with E-state index in [-0.39, 0.29) is 11.9 Å². The maximum absolute atomic E-state index is 12.6. The van der Waals surface area contributed by atoms with Crippen LogP contribution in [0.25, 0.3) is 0 Å². The van der Waals surface area contributed by atoms with Crippen LogP contribution >= 0.6 is 0 Å². The first-order valence-electron chi connectivity index (χ1n) is 12.5. The molecule has 1 aromatic heterocycles. The molecule has 0 saturated heterocycles. The summed E-state index contributed by atoms with van der Waals surface area (Å²) in [5.74, 6) is 3.81. The Morgan fingerprint density at radius 3 is 2.13 bits per heavy atom. The predicted octanol–water partition coefficient (Wildman–Crippen LogP) is 6.97. The lowest BCUT2D eigenvalue weighted by molar-refractivity contribution is -0.140. The SMILES string of the molecule is CCCCOc1ccc(OC(=O)C2CCC(CCC3CCC(CC)CC3)CC2)cn1. The van der Waals surface area contributed by atoms with E-state index < -0.39 is 0 Å². The molecular formula is C26H41NO3. The Morgan fingerprint density at radius 1 is 0.933 bits per heavy atom. The molecule has 4 nitrogen and oxygen atoms in total. The highest BCUT2D eigenvalue weighted by Crippen LogP contribution is 2.37. The highest BCUT2D eigenvalue weighted by molar-refractivity contribution is 5.75. The molecule has 0 N–H and O–H groups in total. The van der Waals surface area contributed by atoms with Gasteiger partial charge < -0.3 is 9.47 Å². The average molecular weight is 416 g/mol. The smallest absolute Gasteiger partial charge is 0.314 e. The second kappa shape index (κ2) is 12.3. The first-order chi connectivity index (χ1) is 14.7. The van der Waals surface area contributed by atoms with Gasteiger partial charge in [-0.05, 0) is 55.9 Å². The number of hydrogen-bond acceptors (Lipinski definition) is 4. The first-order valence-corrected chi connectivity index (χ1v) is 12.5. The summed E-state index contributed by atoms with van der Waals surface area (Å²) >= 11 is 0. The van der Waals surface area contributed by atoms with E-state index in [9.17, 15) is 4.79 Å². The number of esters is 1. The number of ether oxygens (including phenoxy) is 2. The fourth-order valence-electron chi connectivity index (χ4n) is 5.12. The zero-order valence-corrected chi connectivity index (χ0v) is 19.1. The van der Waals surface area contributed by atoms with E-state index in [1.165, 1.54) is 57.8 Å². The van der Waals surface area contributed by atoms with Crippen LogP contribution in [0.2, 0.25) is 0 Å². The molecule has 0 atom stereocenters. The van der Waals surface area contributed by atoms with E-state index in [0.717, 1.165) is 43.4 Å². The van der Waals surface area contributed by atoms with Crippen LogP contribution in [0.1, 0.15) is 97.3 Å². The number of aromatic nitrogens is 1. The monoisotopic (exact) mass is 415 g/mol. The van der Waals surface area contributed by atoms with Gasteiger partial charge >= 0.3 is 5.97 Å². The highest BCUT2D eigenvalue weighted by Gasteiger charge is 2.28. The Morgan fingerprint density at radius 2 is 1.57 bits per heavy atom. The normalized spacial score (nSPS) is 26.9. The van der Waals surface area contributed by atoms with Crippen LogP contribution in [0.5, 0.6) is 11.6 Å². The summed E-state index contributed by atoms with van der Waals surface area (Å²) in [7, 11) is 0. The lowest BCUT2D eigenvalue weighted by atomic mass is 9.75. The van der Waals surface area contributed by atoms with Gasteiger partial charge in [0.25, 0.3) is 0 Å². The number of rotatable bonds is 10. The molecule has 0 aromatic carbocycles. The summed E-state index contributed by atoms with van der Waals surface area (Å²) in [5, 5.41) is 0. The minimum atomic E-state index is -0.0900. The van der Waals surface area contributed by atoms with Crippen LogP contribution < -0.4 is 9.47 Å². The zero-order chi connectivity index (χ0) is 21.2. The molecule has 1 aromatic rings. The third-order valence-electron chi connectivity index (χ3n) is 7.38. The van der Waals surface area contributed by atoms with Crippen molar-refractivity contribution >= 4 is 5.97 Å². The van der Waals surface area contributed by atoms with E-state index in [0.29, 0.717) is 18.2 Å². The van der Waals surface area contributed by atoms with Crippen molar-refractivity contribution in [2.24, 2.45) is 23.7 Å². The summed E-state index contributed by atoms with van der Waals surface area (Å²) in [6.45, 7) is 5.14. The molecule has 4 heteroatoms. The molecule has 0 spiro atoms. The van der Waals surface area contributed by atoms with Gasteiger partial charge in [0.05, 0.1) is 18.7 Å². The summed E-state index contributed by atoms with van der Waals surface area (Å²) in [6.07, 6.45) is 17.9. The molecule has 0 amide bonds. The molecule has 0 bridgehead atoms. The van der Waals surface area contributed by atoms with Crippen molar-refractivity contribution in [2.75, 3.05) is 6.61 Å². The molecule has 30 heavy (non-hydrogen) atoms. The Kier molecular flexibility index (Phi) is 9.48. The van der Waals surface area contributed by atoms with Crippen molar-refractivity contribution in [3.05, 3.63) is 18.3 Å². The molecule has 0 radical (unpaired) electrons. The largest absolute Gasteiger partial charge is 0.478 e. The van der Waals surface area contributed by atoms with Crippen LogP contribution in [0, 0.1) is 23.7 Å². The van der Waals surface area contributed by atoms with Crippen LogP contribution in [0.15, 0.2) is 18.3 Å². The second-order valence-corrected chi connectivity index (χ2v) is 9.55. The van der Waals surface area contributed by atoms with E-state index >= 15 is 0 Å². The van der Waals surface area contributed by atoms with E-state index in [2.05, 4.69) is 18.8 Å². The van der Waals surface area contributed by atoms with Crippen molar-refractivity contribution in [1.29, 1.82) is 0 Å². The van der Waals surface area contributed by atoms with Gasteiger partial charge in [-0.15, -0.1) is 0 Å². The first kappa shape index (κ1) is 23.1. The summed E-state index contributed by atoms with van der Waals surface area (Å²) in [6, 6.07) is 3.56. The van der Waals surface area contributed by atoms with Gasteiger partial charge in [0, 0.05) is 6.07 Å². The molecule has 0 unspecified atom stereocenters. The zero-order valence-electron chi connectivity index (χ0n) is 19.1. The Balaban J connectivity index is 1.33. The number of unbranched alkanes of at least 4 members (excludes halogenated alkanes) is 1. The van der Waals surface area contributed by atoms with Crippen LogP contribution in [-0.2, 0) is 4.79 Å². The topological polar surface area (TPSA) is 48.4 Å². The number of hydrogen-bond donors (Lipinski definition) is 0. The summed E-state index contributed by atoms with van der Waals surface area (Å²) < 4.78 is 11.1. The van der Waals surface area contributed by atoms with Crippen molar-refractivity contribution in [2.45, 2.75) is 97.3 Å². The second-order valence-electron chi connectivity index (χ2n) is 9.55. The molecule has 1 heterocycles. The Hall–Kier alpha value is -1.58. The number of pyridine rings is 1. The van der Waals surface area contributed by atoms with Gasteiger partial charge in [-0.3, -0.25) is 4.79 Å². The molecular weight excluding hydrogens is 374 g/mol. The molecule has 168 valence electrons. The molecule has 2 saturated carbocycles. The Labute approximate surface area is 183 Å². The van der Waals surface area contributed by atoms with Gasteiger partial charge in [0.15, 0.2) is 0 Å². The van der Waals surface area contributed by atoms with Crippen molar-refractivity contribution in [3.63, 3.8) is 0 Å². The minimum absolute atomic E-state index is 0.0433. The summed E-state index contributed by atoms with van der Waals surface area (Å²) in [5.41, 5.74) is 0. The van der Waals surface area contributed by atoms with Crippen LogP contribution in [0.4, 0.5) is 0 Å². The fraction of sp³-hybridized carbons (Fsp3) is 0.769. The van der Waals surface area contributed by atoms with Crippen molar-refractivity contribution < 1.29 is 14.3 Å². The molecule has 2 aliphatic rings. The standard InChI is InChI=1S/C26H41NO3/c1-3-5-18-29-25-17-16-24(19-27-25)30-26(28)23-14-12-22(13-15-23)11-10-21-8-6-20(4-2)7-9-21/h16-17,19-23H,3-15,18H2,1-2H3. The van der Waals surface area contributed by atoms with Crippen molar-refractivity contribution in [3.8, 4) is 11.6 Å². The third-order valence-corrected chi connectivity index (χ3v) is 7.38. The maximum Gasteiger partial charge on any atom is 0.314 e. The van der Waals surface area contributed by atoms with E-state index in [4.69, 9.17) is 9.47 Å². The maximum atomic E-state index is 12.6. The molecule has 2 aliphatic carbocycles. The molecule has 0 aliphatic heterocycles. The third kappa shape index (κ3) is 7.28. The van der Waals surface area contributed by atoms with Gasteiger partial charge in [-0.1, -0.05) is 65.2 Å². The number of nitrogens with zero attached hydrogens (tertiary/aromatic N) is 1. The van der Waals surface area contributed by atoms with Crippen LogP contribution in [0.3, 0.4) is 0 Å². The van der Waals surface area contributed by atoms with E-state index in [1.54, 1.807) is 18.3 Å². The minimum Gasteiger partial charge on any atom is -0.478 e. The van der Waals surface area contributed by atoms with Crippen LogP contribution in [-0.4, -0.2) is 17.6 Å². The van der Waals surface area contributed by atoms with Gasteiger partial charge in [0.2, 0.25) is 5.88 Å². The van der Waals surface area contributed by atoms with Gasteiger partial charge in [0.1, 0.15) is 5.75 Å². The Bertz CT molecular complexity index is 614. The summed E-state index contributed by atoms with van der Waals surface area (Å²) in [4.78, 5) is 16.8. The average Bonchev–Trinajstić information content (AvgIpc) is 2.79. The molecule has 3 rings (SSSR count). The van der Waals surface area contributed by atoms with Gasteiger partial charge in [-0.25, -0.2) is 4.98 Å². The quantitative estimate of drug-likeness (QED) is 0.306. The number of carbonyl (C=O) groups excluding carboxylic acids is 1. The number of carbonyl (C=O) groups is 1. The fourth-order valence-corrected chi connectivity index (χ4v) is 5.12. The molecule has 2 fully saturated rings. The van der Waals surface area contributed by atoms with Crippen molar-refractivity contribution in [1.82, 2.24) is 4.98 Å². The van der Waals surface area contributed by atoms with E-state index in [1.807, 2.05) is 0 Å². The highest BCUT2D eigenvalue weighted by atomic mass is 16.5. The predicted molar refractivity (Wildman–Crippen MR) is 121 cm³/mol. The lowest BCUT2D eigenvalue weighted by Gasteiger charge is -2.31. The van der Waals surface area contributed by atoms with Gasteiger partial charge in [-0.2, -0.15) is 0 Å². The lowest BCUT2D eigenvalue weighted by Crippen LogP contribution is -2.26.